The van der Waals surface area contributed by atoms with Crippen molar-refractivity contribution < 1.29 is 9.53 Å². The second-order valence-corrected chi connectivity index (χ2v) is 7.27. The third-order valence-electron chi connectivity index (χ3n) is 5.22. The van der Waals surface area contributed by atoms with Crippen molar-refractivity contribution in [1.29, 1.82) is 0 Å². The lowest BCUT2D eigenvalue weighted by atomic mass is 9.99. The third kappa shape index (κ3) is 4.76. The SMILES string of the molecule is COc1ccc(CC2CCN(C(=O)CCn3c(C)cc(C)nc3=O)C2)cc1. The minimum absolute atomic E-state index is 0.110. The summed E-state index contributed by atoms with van der Waals surface area (Å²) in [6.07, 6.45) is 2.32. The topological polar surface area (TPSA) is 64.4 Å². The van der Waals surface area contributed by atoms with Crippen LogP contribution in [0.15, 0.2) is 35.1 Å². The van der Waals surface area contributed by atoms with E-state index in [1.165, 1.54) is 5.56 Å². The maximum Gasteiger partial charge on any atom is 0.347 e. The summed E-state index contributed by atoms with van der Waals surface area (Å²) in [5, 5.41) is 0. The Bertz CT molecular complexity index is 858. The number of aromatic nitrogens is 2. The fourth-order valence-electron chi connectivity index (χ4n) is 3.73. The second-order valence-electron chi connectivity index (χ2n) is 7.27. The fourth-order valence-corrected chi connectivity index (χ4v) is 3.73. The Balaban J connectivity index is 1.52. The van der Waals surface area contributed by atoms with Gasteiger partial charge in [-0.2, -0.15) is 4.98 Å². The van der Waals surface area contributed by atoms with Gasteiger partial charge in [0, 0.05) is 37.4 Å². The van der Waals surface area contributed by atoms with E-state index in [1.54, 1.807) is 18.6 Å². The molecular weight excluding hydrogens is 342 g/mol. The van der Waals surface area contributed by atoms with Crippen LogP contribution in [0.25, 0.3) is 0 Å². The number of aryl methyl sites for hydroxylation is 2. The molecule has 0 aliphatic carbocycles. The molecule has 1 atom stereocenters. The molecule has 0 saturated carbocycles. The van der Waals surface area contributed by atoms with E-state index in [0.29, 0.717) is 24.6 Å². The van der Waals surface area contributed by atoms with Crippen molar-refractivity contribution in [3.8, 4) is 5.75 Å². The molecule has 1 fully saturated rings. The van der Waals surface area contributed by atoms with Crippen LogP contribution in [-0.4, -0.2) is 40.6 Å². The summed E-state index contributed by atoms with van der Waals surface area (Å²) < 4.78 is 6.77. The molecule has 0 N–H and O–H groups in total. The van der Waals surface area contributed by atoms with Crippen molar-refractivity contribution in [2.24, 2.45) is 5.92 Å². The predicted molar refractivity (Wildman–Crippen MR) is 104 cm³/mol. The number of methoxy groups -OCH3 is 1. The molecule has 1 amide bonds. The summed E-state index contributed by atoms with van der Waals surface area (Å²) >= 11 is 0. The number of amides is 1. The highest BCUT2D eigenvalue weighted by atomic mass is 16.5. The third-order valence-corrected chi connectivity index (χ3v) is 5.22. The molecule has 6 heteroatoms. The molecule has 2 aromatic rings. The van der Waals surface area contributed by atoms with Crippen LogP contribution >= 0.6 is 0 Å². The first-order valence-corrected chi connectivity index (χ1v) is 9.42. The van der Waals surface area contributed by atoms with Crippen molar-refractivity contribution in [1.82, 2.24) is 14.5 Å². The number of carbonyl (C=O) groups excluding carboxylic acids is 1. The number of benzene rings is 1. The predicted octanol–water partition coefficient (Wildman–Crippen LogP) is 2.35. The first kappa shape index (κ1) is 19.1. The van der Waals surface area contributed by atoms with Crippen LogP contribution in [0.5, 0.6) is 5.75 Å². The van der Waals surface area contributed by atoms with Gasteiger partial charge < -0.3 is 9.64 Å². The zero-order valence-corrected chi connectivity index (χ0v) is 16.3. The monoisotopic (exact) mass is 369 g/mol. The molecule has 1 aliphatic rings. The molecule has 1 aromatic carbocycles. The average molecular weight is 369 g/mol. The van der Waals surface area contributed by atoms with Gasteiger partial charge in [-0.15, -0.1) is 0 Å². The standard InChI is InChI=1S/C21H27N3O3/c1-15-12-16(2)24(21(26)22-15)11-9-20(25)23-10-8-18(14-23)13-17-4-6-19(27-3)7-5-17/h4-7,12,18H,8-11,13-14H2,1-3H3. The van der Waals surface area contributed by atoms with E-state index in [1.807, 2.05) is 30.0 Å². The molecule has 0 spiro atoms. The van der Waals surface area contributed by atoms with Gasteiger partial charge in [-0.1, -0.05) is 12.1 Å². The summed E-state index contributed by atoms with van der Waals surface area (Å²) in [5.41, 5.74) is 2.54. The van der Waals surface area contributed by atoms with Crippen LogP contribution in [0, 0.1) is 19.8 Å². The van der Waals surface area contributed by atoms with Crippen molar-refractivity contribution >= 4 is 5.91 Å². The van der Waals surface area contributed by atoms with Gasteiger partial charge in [0.15, 0.2) is 0 Å². The van der Waals surface area contributed by atoms with Gasteiger partial charge in [0.05, 0.1) is 7.11 Å². The molecule has 0 radical (unpaired) electrons. The van der Waals surface area contributed by atoms with Gasteiger partial charge in [-0.05, 0) is 56.4 Å². The Hall–Kier alpha value is -2.63. The van der Waals surface area contributed by atoms with Gasteiger partial charge in [0.1, 0.15) is 5.75 Å². The number of nitrogens with zero attached hydrogens (tertiary/aromatic N) is 3. The molecule has 1 saturated heterocycles. The molecule has 144 valence electrons. The Morgan fingerprint density at radius 3 is 2.67 bits per heavy atom. The number of likely N-dealkylation sites (tertiary alicyclic amines) is 1. The number of rotatable bonds is 6. The highest BCUT2D eigenvalue weighted by molar-refractivity contribution is 5.76. The number of hydrogen-bond donors (Lipinski definition) is 0. The van der Waals surface area contributed by atoms with Gasteiger partial charge in [0.25, 0.3) is 0 Å². The second kappa shape index (κ2) is 8.37. The van der Waals surface area contributed by atoms with E-state index in [2.05, 4.69) is 17.1 Å². The summed E-state index contributed by atoms with van der Waals surface area (Å²) in [4.78, 5) is 30.5. The zero-order valence-electron chi connectivity index (χ0n) is 16.3. The zero-order chi connectivity index (χ0) is 19.4. The van der Waals surface area contributed by atoms with E-state index in [0.717, 1.165) is 37.4 Å². The Labute approximate surface area is 159 Å². The molecule has 27 heavy (non-hydrogen) atoms. The van der Waals surface area contributed by atoms with Gasteiger partial charge >= 0.3 is 5.69 Å². The van der Waals surface area contributed by atoms with Gasteiger partial charge in [0.2, 0.25) is 5.91 Å². The van der Waals surface area contributed by atoms with E-state index in [9.17, 15) is 9.59 Å². The summed E-state index contributed by atoms with van der Waals surface area (Å²) in [6.45, 7) is 5.64. The summed E-state index contributed by atoms with van der Waals surface area (Å²) in [5.74, 6) is 1.45. The maximum atomic E-state index is 12.6. The maximum absolute atomic E-state index is 12.6. The first-order chi connectivity index (χ1) is 13.0. The van der Waals surface area contributed by atoms with Crippen LogP contribution in [0.1, 0.15) is 29.8 Å². The van der Waals surface area contributed by atoms with Gasteiger partial charge in [-0.3, -0.25) is 9.36 Å². The smallest absolute Gasteiger partial charge is 0.347 e. The highest BCUT2D eigenvalue weighted by Crippen LogP contribution is 2.22. The molecular formula is C21H27N3O3. The molecule has 1 aromatic heterocycles. The lowest BCUT2D eigenvalue weighted by Gasteiger charge is -2.17. The highest BCUT2D eigenvalue weighted by Gasteiger charge is 2.26. The van der Waals surface area contributed by atoms with Crippen LogP contribution in [-0.2, 0) is 17.8 Å². The molecule has 0 bridgehead atoms. The van der Waals surface area contributed by atoms with Crippen LogP contribution in [0.3, 0.4) is 0 Å². The number of ether oxygens (including phenoxy) is 1. The quantitative estimate of drug-likeness (QED) is 0.784. The minimum atomic E-state index is -0.279. The summed E-state index contributed by atoms with van der Waals surface area (Å²) in [7, 11) is 1.66. The van der Waals surface area contributed by atoms with Crippen molar-refractivity contribution in [2.75, 3.05) is 20.2 Å². The number of hydrogen-bond acceptors (Lipinski definition) is 4. The van der Waals surface area contributed by atoms with Crippen molar-refractivity contribution in [3.05, 3.63) is 57.8 Å². The van der Waals surface area contributed by atoms with Crippen LogP contribution in [0.4, 0.5) is 0 Å². The molecule has 6 nitrogen and oxygen atoms in total. The average Bonchev–Trinajstić information content (AvgIpc) is 3.10. The molecule has 1 aliphatic heterocycles. The van der Waals surface area contributed by atoms with E-state index in [4.69, 9.17) is 4.74 Å². The Morgan fingerprint density at radius 1 is 1.26 bits per heavy atom. The minimum Gasteiger partial charge on any atom is -0.497 e. The lowest BCUT2D eigenvalue weighted by Crippen LogP contribution is -2.32. The van der Waals surface area contributed by atoms with E-state index < -0.39 is 0 Å². The summed E-state index contributed by atoms with van der Waals surface area (Å²) in [6, 6.07) is 9.99. The first-order valence-electron chi connectivity index (χ1n) is 9.42. The van der Waals surface area contributed by atoms with Crippen LogP contribution in [0.2, 0.25) is 0 Å². The van der Waals surface area contributed by atoms with Gasteiger partial charge in [-0.25, -0.2) is 4.79 Å². The fraction of sp³-hybridized carbons (Fsp3) is 0.476. The van der Waals surface area contributed by atoms with E-state index in [-0.39, 0.29) is 11.6 Å². The molecule has 2 heterocycles. The Morgan fingerprint density at radius 2 is 2.00 bits per heavy atom. The number of carbonyl (C=O) groups is 1. The van der Waals surface area contributed by atoms with E-state index >= 15 is 0 Å². The molecule has 1 unspecified atom stereocenters. The normalized spacial score (nSPS) is 16.6. The molecule has 3 rings (SSSR count). The Kier molecular flexibility index (Phi) is 5.94. The van der Waals surface area contributed by atoms with Crippen LogP contribution < -0.4 is 10.4 Å². The van der Waals surface area contributed by atoms with Crippen molar-refractivity contribution in [2.45, 2.75) is 39.7 Å². The largest absolute Gasteiger partial charge is 0.497 e. The van der Waals surface area contributed by atoms with Crippen molar-refractivity contribution in [3.63, 3.8) is 0 Å². The lowest BCUT2D eigenvalue weighted by molar-refractivity contribution is -0.130.